The van der Waals surface area contributed by atoms with Gasteiger partial charge in [0.1, 0.15) is 5.75 Å². The Labute approximate surface area is 107 Å². The van der Waals surface area contributed by atoms with Gasteiger partial charge in [0, 0.05) is 12.1 Å². The summed E-state index contributed by atoms with van der Waals surface area (Å²) in [5.74, 6) is 0.667. The summed E-state index contributed by atoms with van der Waals surface area (Å²) in [4.78, 5) is 11.7. The van der Waals surface area contributed by atoms with Gasteiger partial charge in [0.15, 0.2) is 0 Å². The highest BCUT2D eigenvalue weighted by Crippen LogP contribution is 2.12. The minimum absolute atomic E-state index is 0.0124. The van der Waals surface area contributed by atoms with Gasteiger partial charge in [0.25, 0.3) is 5.91 Å². The second-order valence-corrected chi connectivity index (χ2v) is 4.29. The molecule has 1 atom stereocenters. The molecule has 1 aromatic carbocycles. The van der Waals surface area contributed by atoms with Crippen molar-refractivity contribution in [1.82, 2.24) is 5.32 Å². The quantitative estimate of drug-likeness (QED) is 0.794. The fourth-order valence-electron chi connectivity index (χ4n) is 1.32. The molecule has 0 aromatic heterocycles. The van der Waals surface area contributed by atoms with E-state index in [1.807, 2.05) is 13.8 Å². The van der Waals surface area contributed by atoms with Gasteiger partial charge in [-0.2, -0.15) is 0 Å². The predicted molar refractivity (Wildman–Crippen MR) is 69.9 cm³/mol. The molecule has 3 nitrogen and oxygen atoms in total. The van der Waals surface area contributed by atoms with Crippen LogP contribution in [0.5, 0.6) is 5.75 Å². The Bertz CT molecular complexity index is 351. The van der Waals surface area contributed by atoms with Crippen LogP contribution < -0.4 is 10.1 Å². The fourth-order valence-corrected chi connectivity index (χ4v) is 1.40. The molecular weight excluding hydrogens is 238 g/mol. The van der Waals surface area contributed by atoms with Gasteiger partial charge in [0.05, 0.1) is 12.0 Å². The third kappa shape index (κ3) is 4.65. The highest BCUT2D eigenvalue weighted by atomic mass is 35.5. The monoisotopic (exact) mass is 255 g/mol. The Kier molecular flexibility index (Phi) is 5.84. The van der Waals surface area contributed by atoms with E-state index in [1.54, 1.807) is 24.3 Å². The maximum atomic E-state index is 11.7. The molecule has 0 spiro atoms. The predicted octanol–water partition coefficient (Wildman–Crippen LogP) is 2.83. The Morgan fingerprint density at radius 1 is 1.35 bits per heavy atom. The van der Waals surface area contributed by atoms with Gasteiger partial charge in [0.2, 0.25) is 0 Å². The van der Waals surface area contributed by atoms with Crippen molar-refractivity contribution in [1.29, 1.82) is 0 Å². The normalized spacial score (nSPS) is 11.9. The van der Waals surface area contributed by atoms with Crippen LogP contribution in [-0.2, 0) is 0 Å². The minimum Gasteiger partial charge on any atom is -0.494 e. The van der Waals surface area contributed by atoms with Crippen LogP contribution in [-0.4, -0.2) is 24.4 Å². The number of carbonyl (C=O) groups is 1. The SMILES string of the molecule is CCOc1ccc(C(=O)NCC(Cl)CC)cc1. The highest BCUT2D eigenvalue weighted by molar-refractivity contribution is 6.20. The van der Waals surface area contributed by atoms with Crippen LogP contribution in [0.1, 0.15) is 30.6 Å². The first-order valence-corrected chi connectivity index (χ1v) is 6.26. The Morgan fingerprint density at radius 2 is 2.00 bits per heavy atom. The van der Waals surface area contributed by atoms with E-state index in [0.717, 1.165) is 12.2 Å². The third-order valence-electron chi connectivity index (χ3n) is 2.35. The molecule has 94 valence electrons. The second-order valence-electron chi connectivity index (χ2n) is 3.67. The van der Waals surface area contributed by atoms with Crippen LogP contribution >= 0.6 is 11.6 Å². The van der Waals surface area contributed by atoms with Crippen molar-refractivity contribution in [2.24, 2.45) is 0 Å². The molecule has 1 rings (SSSR count). The van der Waals surface area contributed by atoms with Crippen LogP contribution in [0.3, 0.4) is 0 Å². The van der Waals surface area contributed by atoms with Crippen molar-refractivity contribution in [3.05, 3.63) is 29.8 Å². The van der Waals surface area contributed by atoms with Crippen LogP contribution in [0.15, 0.2) is 24.3 Å². The van der Waals surface area contributed by atoms with E-state index in [-0.39, 0.29) is 11.3 Å². The number of hydrogen-bond acceptors (Lipinski definition) is 2. The van der Waals surface area contributed by atoms with Crippen LogP contribution in [0, 0.1) is 0 Å². The molecule has 0 aliphatic heterocycles. The lowest BCUT2D eigenvalue weighted by Gasteiger charge is -2.09. The van der Waals surface area contributed by atoms with Crippen molar-refractivity contribution in [3.8, 4) is 5.75 Å². The lowest BCUT2D eigenvalue weighted by Crippen LogP contribution is -2.29. The first kappa shape index (κ1) is 13.8. The zero-order chi connectivity index (χ0) is 12.7. The summed E-state index contributed by atoms with van der Waals surface area (Å²) in [7, 11) is 0. The molecule has 4 heteroatoms. The fraction of sp³-hybridized carbons (Fsp3) is 0.462. The molecule has 0 heterocycles. The van der Waals surface area contributed by atoms with Crippen LogP contribution in [0.2, 0.25) is 0 Å². The van der Waals surface area contributed by atoms with Gasteiger partial charge in [-0.05, 0) is 37.6 Å². The van der Waals surface area contributed by atoms with Crippen molar-refractivity contribution in [2.75, 3.05) is 13.2 Å². The molecule has 0 saturated heterocycles. The molecular formula is C13H18ClNO2. The van der Waals surface area contributed by atoms with Gasteiger partial charge in [-0.1, -0.05) is 6.92 Å². The summed E-state index contributed by atoms with van der Waals surface area (Å²) in [5, 5.41) is 2.78. The summed E-state index contributed by atoms with van der Waals surface area (Å²) in [6.07, 6.45) is 0.838. The first-order valence-electron chi connectivity index (χ1n) is 5.82. The number of carbonyl (C=O) groups excluding carboxylic acids is 1. The van der Waals surface area contributed by atoms with E-state index in [2.05, 4.69) is 5.32 Å². The lowest BCUT2D eigenvalue weighted by atomic mass is 10.2. The van der Waals surface area contributed by atoms with E-state index in [0.29, 0.717) is 18.7 Å². The van der Waals surface area contributed by atoms with Gasteiger partial charge < -0.3 is 10.1 Å². The number of alkyl halides is 1. The number of hydrogen-bond donors (Lipinski definition) is 1. The van der Waals surface area contributed by atoms with E-state index in [1.165, 1.54) is 0 Å². The summed E-state index contributed by atoms with van der Waals surface area (Å²) < 4.78 is 5.30. The van der Waals surface area contributed by atoms with Crippen LogP contribution in [0.25, 0.3) is 0 Å². The summed E-state index contributed by atoms with van der Waals surface area (Å²) in [6, 6.07) is 7.07. The highest BCUT2D eigenvalue weighted by Gasteiger charge is 2.07. The third-order valence-corrected chi connectivity index (χ3v) is 2.82. The van der Waals surface area contributed by atoms with Crippen molar-refractivity contribution < 1.29 is 9.53 Å². The lowest BCUT2D eigenvalue weighted by molar-refractivity contribution is 0.0953. The van der Waals surface area contributed by atoms with E-state index in [4.69, 9.17) is 16.3 Å². The number of amides is 1. The van der Waals surface area contributed by atoms with Crippen molar-refractivity contribution >= 4 is 17.5 Å². The maximum absolute atomic E-state index is 11.7. The number of ether oxygens (including phenoxy) is 1. The largest absolute Gasteiger partial charge is 0.494 e. The molecule has 1 N–H and O–H groups in total. The number of nitrogens with one attached hydrogen (secondary N) is 1. The molecule has 1 amide bonds. The zero-order valence-corrected chi connectivity index (χ0v) is 11.0. The van der Waals surface area contributed by atoms with Crippen molar-refractivity contribution in [3.63, 3.8) is 0 Å². The van der Waals surface area contributed by atoms with Crippen molar-refractivity contribution in [2.45, 2.75) is 25.6 Å². The Hall–Kier alpha value is -1.22. The van der Waals surface area contributed by atoms with Gasteiger partial charge in [-0.25, -0.2) is 0 Å². The topological polar surface area (TPSA) is 38.3 Å². The van der Waals surface area contributed by atoms with Gasteiger partial charge in [-0.15, -0.1) is 11.6 Å². The van der Waals surface area contributed by atoms with Gasteiger partial charge >= 0.3 is 0 Å². The van der Waals surface area contributed by atoms with E-state index < -0.39 is 0 Å². The molecule has 0 radical (unpaired) electrons. The average Bonchev–Trinajstić information content (AvgIpc) is 2.36. The van der Waals surface area contributed by atoms with E-state index in [9.17, 15) is 4.79 Å². The molecule has 0 saturated carbocycles. The van der Waals surface area contributed by atoms with E-state index >= 15 is 0 Å². The van der Waals surface area contributed by atoms with Gasteiger partial charge in [-0.3, -0.25) is 4.79 Å². The Balaban J connectivity index is 2.51. The molecule has 0 aliphatic rings. The molecule has 0 bridgehead atoms. The smallest absolute Gasteiger partial charge is 0.251 e. The number of halogens is 1. The first-order chi connectivity index (χ1) is 8.17. The standard InChI is InChI=1S/C13H18ClNO2/c1-3-11(14)9-15-13(16)10-5-7-12(8-6-10)17-4-2/h5-8,11H,3-4,9H2,1-2H3,(H,15,16). The molecule has 1 aromatic rings. The minimum atomic E-state index is -0.104. The maximum Gasteiger partial charge on any atom is 0.251 e. The number of benzene rings is 1. The molecule has 17 heavy (non-hydrogen) atoms. The zero-order valence-electron chi connectivity index (χ0n) is 10.2. The number of rotatable bonds is 6. The van der Waals surface area contributed by atoms with Crippen LogP contribution in [0.4, 0.5) is 0 Å². The molecule has 0 fully saturated rings. The average molecular weight is 256 g/mol. The summed E-state index contributed by atoms with van der Waals surface area (Å²) in [5.41, 5.74) is 0.619. The second kappa shape index (κ2) is 7.17. The summed E-state index contributed by atoms with van der Waals surface area (Å²) in [6.45, 7) is 5.02. The molecule has 1 unspecified atom stereocenters. The molecule has 0 aliphatic carbocycles. The summed E-state index contributed by atoms with van der Waals surface area (Å²) >= 11 is 5.93. The Morgan fingerprint density at radius 3 is 2.53 bits per heavy atom.